The first kappa shape index (κ1) is 18.5. The van der Waals surface area contributed by atoms with E-state index in [-0.39, 0.29) is 12.0 Å². The second kappa shape index (κ2) is 7.28. The van der Waals surface area contributed by atoms with E-state index in [0.717, 1.165) is 38.5 Å². The molecule has 0 radical (unpaired) electrons. The van der Waals surface area contributed by atoms with E-state index in [0.29, 0.717) is 17.4 Å². The number of hydrogen-bond acceptors (Lipinski definition) is 4. The highest BCUT2D eigenvalue weighted by Gasteiger charge is 2.40. The molecule has 142 valence electrons. The molecule has 27 heavy (non-hydrogen) atoms. The second-order valence-electron chi connectivity index (χ2n) is 6.75. The van der Waals surface area contributed by atoms with Crippen LogP contribution in [0.3, 0.4) is 0 Å². The number of nitrogens with one attached hydrogen (secondary N) is 1. The van der Waals surface area contributed by atoms with E-state index in [1.807, 2.05) is 18.2 Å². The number of hydrogen-bond donors (Lipinski definition) is 1. The summed E-state index contributed by atoms with van der Waals surface area (Å²) in [4.78, 5) is 0. The van der Waals surface area contributed by atoms with Gasteiger partial charge in [-0.1, -0.05) is 23.8 Å². The predicted molar refractivity (Wildman–Crippen MR) is 112 cm³/mol. The molecule has 1 N–H and O–H groups in total. The number of fused-ring (bicyclic) bond motifs is 3. The van der Waals surface area contributed by atoms with Gasteiger partial charge in [0.2, 0.25) is 0 Å². The molecule has 1 aliphatic heterocycles. The molecule has 4 nitrogen and oxygen atoms in total. The third-order valence-corrected chi connectivity index (χ3v) is 6.38. The van der Waals surface area contributed by atoms with E-state index < -0.39 is 0 Å². The predicted octanol–water partition coefficient (Wildman–Crippen LogP) is 5.95. The lowest BCUT2D eigenvalue weighted by molar-refractivity contribution is 0.350. The van der Waals surface area contributed by atoms with Crippen molar-refractivity contribution in [3.8, 4) is 17.2 Å². The van der Waals surface area contributed by atoms with E-state index >= 15 is 0 Å². The Morgan fingerprint density at radius 3 is 2.56 bits per heavy atom. The Balaban J connectivity index is 1.85. The molecular weight excluding hydrogens is 430 g/mol. The lowest BCUT2D eigenvalue weighted by Crippen LogP contribution is -2.29. The molecule has 0 saturated heterocycles. The van der Waals surface area contributed by atoms with Crippen LogP contribution in [0.25, 0.3) is 0 Å². The van der Waals surface area contributed by atoms with Crippen molar-refractivity contribution in [3.63, 3.8) is 0 Å². The van der Waals surface area contributed by atoms with Gasteiger partial charge in [0.15, 0.2) is 11.5 Å². The molecule has 0 bridgehead atoms. The minimum atomic E-state index is 0.0981. The first-order chi connectivity index (χ1) is 13.1. The van der Waals surface area contributed by atoms with Gasteiger partial charge in [0.25, 0.3) is 0 Å². The number of benzene rings is 2. The smallest absolute Gasteiger partial charge is 0.174 e. The summed E-state index contributed by atoms with van der Waals surface area (Å²) < 4.78 is 17.5. The third kappa shape index (κ3) is 2.97. The van der Waals surface area contributed by atoms with Crippen molar-refractivity contribution >= 4 is 33.2 Å². The molecule has 6 heteroatoms. The zero-order chi connectivity index (χ0) is 19.1. The molecular formula is C21H21BrClNO3. The molecule has 2 aromatic carbocycles. The lowest BCUT2D eigenvalue weighted by Gasteiger charge is -2.38. The minimum absolute atomic E-state index is 0.0981. The Hall–Kier alpha value is -1.85. The van der Waals surface area contributed by atoms with Crippen LogP contribution in [0.2, 0.25) is 5.02 Å². The second-order valence-corrected chi connectivity index (χ2v) is 8.01. The van der Waals surface area contributed by atoms with E-state index in [4.69, 9.17) is 25.8 Å². The summed E-state index contributed by atoms with van der Waals surface area (Å²) in [6.45, 7) is 0. The van der Waals surface area contributed by atoms with Crippen molar-refractivity contribution in [3.05, 3.63) is 57.0 Å². The van der Waals surface area contributed by atoms with Gasteiger partial charge < -0.3 is 19.5 Å². The number of methoxy groups -OCH3 is 3. The monoisotopic (exact) mass is 449 g/mol. The first-order valence-electron chi connectivity index (χ1n) is 8.80. The molecule has 1 heterocycles. The van der Waals surface area contributed by atoms with Crippen molar-refractivity contribution < 1.29 is 14.2 Å². The Kier molecular flexibility index (Phi) is 4.99. The fourth-order valence-corrected chi connectivity index (χ4v) is 5.16. The summed E-state index contributed by atoms with van der Waals surface area (Å²) in [7, 11) is 4.98. The molecule has 0 spiro atoms. The molecule has 4 rings (SSSR count). The average molecular weight is 451 g/mol. The van der Waals surface area contributed by atoms with Gasteiger partial charge >= 0.3 is 0 Å². The van der Waals surface area contributed by atoms with Crippen LogP contribution < -0.4 is 19.5 Å². The first-order valence-corrected chi connectivity index (χ1v) is 9.97. The van der Waals surface area contributed by atoms with Crippen molar-refractivity contribution in [2.45, 2.75) is 18.4 Å². The van der Waals surface area contributed by atoms with E-state index in [1.165, 1.54) is 0 Å². The molecule has 0 aromatic heterocycles. The van der Waals surface area contributed by atoms with Crippen molar-refractivity contribution in [2.24, 2.45) is 5.92 Å². The van der Waals surface area contributed by atoms with Crippen LogP contribution >= 0.6 is 27.5 Å². The zero-order valence-corrected chi connectivity index (χ0v) is 17.7. The number of allylic oxidation sites excluding steroid dienone is 2. The summed E-state index contributed by atoms with van der Waals surface area (Å²) in [6.07, 6.45) is 5.49. The molecule has 3 atom stereocenters. The summed E-state index contributed by atoms with van der Waals surface area (Å²) in [5, 5.41) is 4.46. The van der Waals surface area contributed by atoms with Crippen molar-refractivity contribution in [2.75, 3.05) is 26.6 Å². The maximum Gasteiger partial charge on any atom is 0.174 e. The highest BCUT2D eigenvalue weighted by Crippen LogP contribution is 2.55. The van der Waals surface area contributed by atoms with Gasteiger partial charge in [0.05, 0.1) is 37.5 Å². The van der Waals surface area contributed by atoms with Crippen LogP contribution in [-0.2, 0) is 0 Å². The van der Waals surface area contributed by atoms with Gasteiger partial charge in [0.1, 0.15) is 5.75 Å². The number of ether oxygens (including phenoxy) is 3. The largest absolute Gasteiger partial charge is 0.495 e. The Morgan fingerprint density at radius 2 is 1.85 bits per heavy atom. The molecule has 0 fully saturated rings. The highest BCUT2D eigenvalue weighted by atomic mass is 79.9. The van der Waals surface area contributed by atoms with Crippen LogP contribution in [-0.4, -0.2) is 21.3 Å². The zero-order valence-electron chi connectivity index (χ0n) is 15.4. The van der Waals surface area contributed by atoms with Gasteiger partial charge in [-0.15, -0.1) is 0 Å². The number of anilines is 1. The molecule has 2 aliphatic rings. The quantitative estimate of drug-likeness (QED) is 0.584. The van der Waals surface area contributed by atoms with E-state index in [2.05, 4.69) is 39.5 Å². The van der Waals surface area contributed by atoms with E-state index in [9.17, 15) is 0 Å². The summed E-state index contributed by atoms with van der Waals surface area (Å²) in [5.41, 5.74) is 3.21. The topological polar surface area (TPSA) is 39.7 Å². The summed E-state index contributed by atoms with van der Waals surface area (Å²) >= 11 is 10.2. The Labute approximate surface area is 172 Å². The van der Waals surface area contributed by atoms with Crippen LogP contribution in [0.5, 0.6) is 17.2 Å². The fourth-order valence-electron chi connectivity index (χ4n) is 4.25. The van der Waals surface area contributed by atoms with Gasteiger partial charge in [0, 0.05) is 16.5 Å². The normalized spacial score (nSPS) is 22.6. The fraction of sp³-hybridized carbons (Fsp3) is 0.333. The Bertz CT molecular complexity index is 915. The number of rotatable bonds is 4. The summed E-state index contributed by atoms with van der Waals surface area (Å²) in [6, 6.07) is 8.06. The van der Waals surface area contributed by atoms with Gasteiger partial charge in [-0.25, -0.2) is 0 Å². The van der Waals surface area contributed by atoms with E-state index in [1.54, 1.807) is 21.3 Å². The number of halogens is 2. The van der Waals surface area contributed by atoms with Crippen LogP contribution in [0, 0.1) is 5.92 Å². The van der Waals surface area contributed by atoms with Crippen molar-refractivity contribution in [1.82, 2.24) is 0 Å². The lowest BCUT2D eigenvalue weighted by atomic mass is 9.76. The van der Waals surface area contributed by atoms with Crippen molar-refractivity contribution in [1.29, 1.82) is 0 Å². The molecule has 3 unspecified atom stereocenters. The average Bonchev–Trinajstić information content (AvgIpc) is 3.16. The standard InChI is InChI=1S/C21H21BrClNO3/c1-25-16-8-7-15(23)18-12-5-4-6-13(12)19(24-20(16)18)11-9-14(22)21(27-3)17(10-11)26-2/h4-5,7-10,12-13,19,24H,6H2,1-3H3. The maximum atomic E-state index is 6.57. The summed E-state index contributed by atoms with van der Waals surface area (Å²) in [5.74, 6) is 2.82. The third-order valence-electron chi connectivity index (χ3n) is 5.46. The Morgan fingerprint density at radius 1 is 1.07 bits per heavy atom. The minimum Gasteiger partial charge on any atom is -0.495 e. The van der Waals surface area contributed by atoms with Crippen LogP contribution in [0.1, 0.15) is 29.5 Å². The van der Waals surface area contributed by atoms with Gasteiger partial charge in [-0.2, -0.15) is 0 Å². The molecule has 0 amide bonds. The SMILES string of the molecule is COc1ccc(Cl)c2c1NC(c1cc(Br)c(OC)c(OC)c1)C1CC=CC21. The highest BCUT2D eigenvalue weighted by molar-refractivity contribution is 9.10. The van der Waals surface area contributed by atoms with Crippen LogP contribution in [0.4, 0.5) is 5.69 Å². The molecule has 1 aliphatic carbocycles. The molecule has 0 saturated carbocycles. The van der Waals surface area contributed by atoms with Gasteiger partial charge in [-0.05, 0) is 58.1 Å². The maximum absolute atomic E-state index is 6.57. The van der Waals surface area contributed by atoms with Crippen LogP contribution in [0.15, 0.2) is 40.9 Å². The van der Waals surface area contributed by atoms with Gasteiger partial charge in [-0.3, -0.25) is 0 Å². The molecule has 2 aromatic rings.